The van der Waals surface area contributed by atoms with E-state index in [1.54, 1.807) is 91.0 Å². The van der Waals surface area contributed by atoms with Crippen molar-refractivity contribution < 1.29 is 29.7 Å². The van der Waals surface area contributed by atoms with E-state index in [9.17, 15) is 14.4 Å². The number of nitrogens with zero attached hydrogens (tertiary/aromatic N) is 4. The van der Waals surface area contributed by atoms with Crippen LogP contribution in [0.5, 0.6) is 0 Å². The fourth-order valence-electron chi connectivity index (χ4n) is 3.53. The summed E-state index contributed by atoms with van der Waals surface area (Å²) >= 11 is 0. The zero-order valence-corrected chi connectivity index (χ0v) is 20.5. The van der Waals surface area contributed by atoms with Crippen LogP contribution in [0.1, 0.15) is 16.7 Å². The number of benzene rings is 3. The smallest absolute Gasteiger partial charge is 0.346 e. The van der Waals surface area contributed by atoms with Crippen LogP contribution in [-0.4, -0.2) is 33.2 Å². The first-order valence-corrected chi connectivity index (χ1v) is 11.3. The van der Waals surface area contributed by atoms with Gasteiger partial charge in [-0.3, -0.25) is 0 Å². The summed E-state index contributed by atoms with van der Waals surface area (Å²) < 4.78 is 0. The molecule has 0 unspecified atom stereocenters. The van der Waals surface area contributed by atoms with Crippen LogP contribution in [0, 0.1) is 34.0 Å². The number of rotatable bonds is 9. The maximum Gasteiger partial charge on any atom is 0.346 e. The van der Waals surface area contributed by atoms with Crippen molar-refractivity contribution in [2.45, 2.75) is 0 Å². The number of hydrogen-bond donors (Lipinski definition) is 3. The molecule has 0 aliphatic heterocycles. The molecule has 0 saturated heterocycles. The molecule has 3 N–H and O–H groups in total. The van der Waals surface area contributed by atoms with Crippen molar-refractivity contribution >= 4 is 53.2 Å². The zero-order chi connectivity index (χ0) is 29.2. The summed E-state index contributed by atoms with van der Waals surface area (Å²) in [6, 6.07) is 24.9. The molecule has 0 heterocycles. The average molecular weight is 530 g/mol. The van der Waals surface area contributed by atoms with Crippen LogP contribution in [0.2, 0.25) is 0 Å². The number of carboxylic acid groups (broad SMARTS) is 3. The van der Waals surface area contributed by atoms with Crippen LogP contribution >= 0.6 is 0 Å². The van der Waals surface area contributed by atoms with Crippen molar-refractivity contribution in [1.82, 2.24) is 0 Å². The Hall–Kier alpha value is -6.44. The van der Waals surface area contributed by atoms with Crippen LogP contribution in [0.25, 0.3) is 18.2 Å². The summed E-state index contributed by atoms with van der Waals surface area (Å²) in [7, 11) is 0. The Bertz CT molecular complexity index is 1480. The van der Waals surface area contributed by atoms with Gasteiger partial charge in [0.2, 0.25) is 0 Å². The average Bonchev–Trinajstić information content (AvgIpc) is 2.95. The number of carbonyl (C=O) groups is 3. The highest BCUT2D eigenvalue weighted by molar-refractivity contribution is 5.98. The largest absolute Gasteiger partial charge is 0.477 e. The monoisotopic (exact) mass is 530 g/mol. The van der Waals surface area contributed by atoms with Gasteiger partial charge in [0.05, 0.1) is 0 Å². The molecular formula is C30H18N4O6. The highest BCUT2D eigenvalue weighted by atomic mass is 16.4. The number of nitriles is 3. The minimum atomic E-state index is -1.35. The highest BCUT2D eigenvalue weighted by Crippen LogP contribution is 2.35. The van der Waals surface area contributed by atoms with Gasteiger partial charge in [-0.2, -0.15) is 15.8 Å². The van der Waals surface area contributed by atoms with Crippen LogP contribution in [0.3, 0.4) is 0 Å². The molecule has 3 aromatic carbocycles. The third-order valence-electron chi connectivity index (χ3n) is 5.44. The molecule has 0 spiro atoms. The molecule has 10 heteroatoms. The first-order chi connectivity index (χ1) is 19.2. The van der Waals surface area contributed by atoms with E-state index in [-0.39, 0.29) is 0 Å². The molecular weight excluding hydrogens is 512 g/mol. The Morgan fingerprint density at radius 3 is 0.900 bits per heavy atom. The van der Waals surface area contributed by atoms with E-state index in [4.69, 9.17) is 31.1 Å². The summed E-state index contributed by atoms with van der Waals surface area (Å²) in [5.74, 6) is -4.04. The Labute approximate surface area is 228 Å². The van der Waals surface area contributed by atoms with Crippen LogP contribution in [0.15, 0.2) is 89.5 Å². The summed E-state index contributed by atoms with van der Waals surface area (Å²) in [5, 5.41) is 54.4. The lowest BCUT2D eigenvalue weighted by Crippen LogP contribution is -2.10. The van der Waals surface area contributed by atoms with E-state index >= 15 is 0 Å². The summed E-state index contributed by atoms with van der Waals surface area (Å²) in [6.45, 7) is 0. The molecule has 3 aromatic rings. The molecule has 0 aromatic heterocycles. The summed E-state index contributed by atoms with van der Waals surface area (Å²) in [6.07, 6.45) is 3.72. The van der Waals surface area contributed by atoms with Gasteiger partial charge in [0, 0.05) is 17.1 Å². The second-order valence-corrected chi connectivity index (χ2v) is 8.03. The molecule has 0 amide bonds. The molecule has 194 valence electrons. The fourth-order valence-corrected chi connectivity index (χ4v) is 3.53. The van der Waals surface area contributed by atoms with Crippen LogP contribution in [-0.2, 0) is 14.4 Å². The lowest BCUT2D eigenvalue weighted by molar-refractivity contribution is -0.133. The molecule has 10 nitrogen and oxygen atoms in total. The van der Waals surface area contributed by atoms with Gasteiger partial charge < -0.3 is 20.2 Å². The first kappa shape index (κ1) is 28.1. The number of carboxylic acids is 3. The van der Waals surface area contributed by atoms with Crippen LogP contribution < -0.4 is 4.90 Å². The quantitative estimate of drug-likeness (QED) is 0.247. The van der Waals surface area contributed by atoms with Gasteiger partial charge in [-0.05, 0) is 71.3 Å². The lowest BCUT2D eigenvalue weighted by atomic mass is 10.1. The third-order valence-corrected chi connectivity index (χ3v) is 5.44. The van der Waals surface area contributed by atoms with E-state index in [2.05, 4.69) is 0 Å². The minimum Gasteiger partial charge on any atom is -0.477 e. The predicted molar refractivity (Wildman–Crippen MR) is 145 cm³/mol. The summed E-state index contributed by atoms with van der Waals surface area (Å²) in [5.41, 5.74) is 2.11. The molecule has 0 atom stereocenters. The van der Waals surface area contributed by atoms with E-state index in [1.165, 1.54) is 18.2 Å². The lowest BCUT2D eigenvalue weighted by Gasteiger charge is -2.26. The molecule has 0 aliphatic rings. The molecule has 0 radical (unpaired) electrons. The molecule has 3 rings (SSSR count). The van der Waals surface area contributed by atoms with Crippen LogP contribution in [0.4, 0.5) is 17.1 Å². The van der Waals surface area contributed by atoms with Gasteiger partial charge >= 0.3 is 17.9 Å². The second-order valence-electron chi connectivity index (χ2n) is 8.03. The number of hydrogen-bond acceptors (Lipinski definition) is 7. The van der Waals surface area contributed by atoms with Gasteiger partial charge in [0.25, 0.3) is 0 Å². The molecule has 0 aliphatic carbocycles. The van der Waals surface area contributed by atoms with Gasteiger partial charge in [-0.25, -0.2) is 14.4 Å². The second kappa shape index (κ2) is 12.7. The maximum absolute atomic E-state index is 11.2. The molecule has 0 fully saturated rings. The summed E-state index contributed by atoms with van der Waals surface area (Å²) in [4.78, 5) is 35.3. The van der Waals surface area contributed by atoms with Crippen molar-refractivity contribution in [1.29, 1.82) is 15.8 Å². The zero-order valence-electron chi connectivity index (χ0n) is 20.5. The molecule has 40 heavy (non-hydrogen) atoms. The van der Waals surface area contributed by atoms with Crippen molar-refractivity contribution in [3.05, 3.63) is 106 Å². The topological polar surface area (TPSA) is 187 Å². The van der Waals surface area contributed by atoms with Crippen molar-refractivity contribution in [2.24, 2.45) is 0 Å². The molecule has 0 bridgehead atoms. The first-order valence-electron chi connectivity index (χ1n) is 11.3. The standard InChI is InChI=1S/C30H18N4O6/c31-16-22(28(35)36)13-19-1-7-25(8-2-19)34(26-9-3-20(4-10-26)14-23(17-32)29(37)38)27-11-5-21(6-12-27)15-24(18-33)30(39)40/h1-15H,(H,35,36)(H,37,38)(H,39,40)/b22-13-,23-14-,24-15-. The van der Waals surface area contributed by atoms with Crippen molar-refractivity contribution in [3.8, 4) is 18.2 Å². The minimum absolute atomic E-state index is 0.423. The van der Waals surface area contributed by atoms with Gasteiger partial charge in [0.15, 0.2) is 0 Å². The van der Waals surface area contributed by atoms with Gasteiger partial charge in [-0.1, -0.05) is 36.4 Å². The van der Waals surface area contributed by atoms with E-state index < -0.39 is 34.6 Å². The Morgan fingerprint density at radius 1 is 0.500 bits per heavy atom. The van der Waals surface area contributed by atoms with E-state index in [1.807, 2.05) is 4.90 Å². The number of aliphatic carboxylic acids is 3. The molecule has 0 saturated carbocycles. The van der Waals surface area contributed by atoms with E-state index in [0.29, 0.717) is 33.8 Å². The van der Waals surface area contributed by atoms with Gasteiger partial charge in [0.1, 0.15) is 34.9 Å². The highest BCUT2D eigenvalue weighted by Gasteiger charge is 2.14. The Morgan fingerprint density at radius 2 is 0.725 bits per heavy atom. The van der Waals surface area contributed by atoms with Crippen molar-refractivity contribution in [3.63, 3.8) is 0 Å². The Balaban J connectivity index is 2.08. The van der Waals surface area contributed by atoms with E-state index in [0.717, 1.165) is 0 Å². The third kappa shape index (κ3) is 6.86. The maximum atomic E-state index is 11.2. The van der Waals surface area contributed by atoms with Crippen molar-refractivity contribution in [2.75, 3.05) is 4.90 Å². The SMILES string of the molecule is N#C/C(=C/c1ccc(N(c2ccc(/C=C(/C#N)C(=O)O)cc2)c2ccc(/C=C(/C#N)C(=O)O)cc2)cc1)C(=O)O. The Kier molecular flexibility index (Phi) is 8.92. The van der Waals surface area contributed by atoms with Gasteiger partial charge in [-0.15, -0.1) is 0 Å². The fraction of sp³-hybridized carbons (Fsp3) is 0. The normalized spacial score (nSPS) is 11.5. The number of anilines is 3. The predicted octanol–water partition coefficient (Wildman–Crippen LogP) is 5.13.